The summed E-state index contributed by atoms with van der Waals surface area (Å²) >= 11 is 6.80. The summed E-state index contributed by atoms with van der Waals surface area (Å²) < 4.78 is 4.78. The Morgan fingerprint density at radius 1 is 1.91 bits per heavy atom. The molecule has 64 valence electrons. The highest BCUT2D eigenvalue weighted by Crippen LogP contribution is 2.19. The van der Waals surface area contributed by atoms with Crippen LogP contribution in [0.2, 0.25) is 0 Å². The zero-order valence-electron chi connectivity index (χ0n) is 6.17. The Morgan fingerprint density at radius 2 is 2.64 bits per heavy atom. The Balaban J connectivity index is 2.28. The summed E-state index contributed by atoms with van der Waals surface area (Å²) in [5.74, 6) is 1.06. The van der Waals surface area contributed by atoms with E-state index in [1.807, 2.05) is 6.92 Å². The Hall–Kier alpha value is 0.0700. The van der Waals surface area contributed by atoms with Gasteiger partial charge in [0.1, 0.15) is 6.10 Å². The third kappa shape index (κ3) is 2.89. The molecule has 1 aliphatic heterocycles. The molecule has 1 heterocycles. The fourth-order valence-electron chi connectivity index (χ4n) is 0.955. The summed E-state index contributed by atoms with van der Waals surface area (Å²) in [5, 5.41) is 3.40. The monoisotopic (exact) mass is 195 g/mol. The maximum Gasteiger partial charge on any atom is 0.404 e. The predicted molar refractivity (Wildman–Crippen MR) is 46.0 cm³/mol. The van der Waals surface area contributed by atoms with E-state index in [-0.39, 0.29) is 11.5 Å². The van der Waals surface area contributed by atoms with Gasteiger partial charge in [-0.15, -0.1) is 11.8 Å². The second-order valence-corrected chi connectivity index (χ2v) is 3.86. The van der Waals surface area contributed by atoms with E-state index in [9.17, 15) is 4.79 Å². The van der Waals surface area contributed by atoms with Crippen LogP contribution >= 0.6 is 23.4 Å². The number of rotatable bonds is 2. The van der Waals surface area contributed by atoms with Crippen LogP contribution < -0.4 is 5.32 Å². The zero-order valence-corrected chi connectivity index (χ0v) is 7.74. The molecule has 1 fully saturated rings. The molecule has 0 saturated carbocycles. The molecular weight excluding hydrogens is 186 g/mol. The first kappa shape index (κ1) is 9.16. The summed E-state index contributed by atoms with van der Waals surface area (Å²) in [6, 6.07) is 0. The van der Waals surface area contributed by atoms with Gasteiger partial charge in [-0.05, 0) is 6.92 Å². The van der Waals surface area contributed by atoms with E-state index in [0.29, 0.717) is 0 Å². The third-order valence-corrected chi connectivity index (χ3v) is 2.89. The molecule has 11 heavy (non-hydrogen) atoms. The minimum Gasteiger partial charge on any atom is -0.448 e. The van der Waals surface area contributed by atoms with Gasteiger partial charge in [0.2, 0.25) is 0 Å². The van der Waals surface area contributed by atoms with Gasteiger partial charge in [0.05, 0.1) is 5.37 Å². The van der Waals surface area contributed by atoms with Crippen LogP contribution in [0.4, 0.5) is 4.79 Å². The molecule has 5 heteroatoms. The van der Waals surface area contributed by atoms with Crippen molar-refractivity contribution >= 4 is 28.8 Å². The number of ether oxygens (including phenoxy) is 1. The molecule has 0 bridgehead atoms. The molecule has 0 aromatic rings. The van der Waals surface area contributed by atoms with Crippen LogP contribution in [0, 0.1) is 0 Å². The highest BCUT2D eigenvalue weighted by atomic mass is 35.5. The van der Waals surface area contributed by atoms with Crippen molar-refractivity contribution in [3.05, 3.63) is 0 Å². The van der Waals surface area contributed by atoms with Crippen LogP contribution in [0.15, 0.2) is 0 Å². The smallest absolute Gasteiger partial charge is 0.404 e. The van der Waals surface area contributed by atoms with E-state index in [4.69, 9.17) is 16.3 Å². The van der Waals surface area contributed by atoms with Crippen molar-refractivity contribution in [1.29, 1.82) is 0 Å². The van der Waals surface area contributed by atoms with Crippen molar-refractivity contribution in [3.63, 3.8) is 0 Å². The average molecular weight is 196 g/mol. The normalized spacial score (nSPS) is 26.5. The quantitative estimate of drug-likeness (QED) is 0.677. The molecule has 1 N–H and O–H groups in total. The Bertz CT molecular complexity index is 150. The van der Waals surface area contributed by atoms with Crippen LogP contribution in [0.25, 0.3) is 0 Å². The molecule has 2 unspecified atom stereocenters. The van der Waals surface area contributed by atoms with E-state index < -0.39 is 5.43 Å². The van der Waals surface area contributed by atoms with Gasteiger partial charge < -0.3 is 10.1 Å². The zero-order chi connectivity index (χ0) is 8.27. The fourth-order valence-corrected chi connectivity index (χ4v) is 2.15. The lowest BCUT2D eigenvalue weighted by molar-refractivity contribution is 0.126. The van der Waals surface area contributed by atoms with Crippen LogP contribution in [0.5, 0.6) is 0 Å². The summed E-state index contributed by atoms with van der Waals surface area (Å²) in [5.41, 5.74) is -0.730. The van der Waals surface area contributed by atoms with Crippen LogP contribution in [-0.2, 0) is 4.74 Å². The first-order chi connectivity index (χ1) is 5.20. The molecule has 1 saturated heterocycles. The molecule has 0 aromatic heterocycles. The van der Waals surface area contributed by atoms with Crippen LogP contribution in [0.1, 0.15) is 6.92 Å². The van der Waals surface area contributed by atoms with Gasteiger partial charge in [-0.1, -0.05) is 0 Å². The van der Waals surface area contributed by atoms with E-state index in [1.54, 1.807) is 11.8 Å². The van der Waals surface area contributed by atoms with E-state index in [1.165, 1.54) is 0 Å². The van der Waals surface area contributed by atoms with Crippen LogP contribution in [0.3, 0.4) is 0 Å². The topological polar surface area (TPSA) is 38.3 Å². The van der Waals surface area contributed by atoms with Gasteiger partial charge >= 0.3 is 5.43 Å². The van der Waals surface area contributed by atoms with Gasteiger partial charge in [0, 0.05) is 23.9 Å². The number of hydrogen-bond acceptors (Lipinski definition) is 4. The lowest BCUT2D eigenvalue weighted by Gasteiger charge is -2.16. The lowest BCUT2D eigenvalue weighted by Crippen LogP contribution is -2.33. The molecule has 0 amide bonds. The van der Waals surface area contributed by atoms with E-state index in [0.717, 1.165) is 12.3 Å². The molecule has 0 spiro atoms. The number of nitrogens with one attached hydrogen (secondary N) is 1. The molecule has 0 radical (unpaired) electrons. The lowest BCUT2D eigenvalue weighted by atomic mass is 10.4. The Morgan fingerprint density at radius 3 is 3.09 bits per heavy atom. The maximum absolute atomic E-state index is 10.3. The van der Waals surface area contributed by atoms with Crippen molar-refractivity contribution < 1.29 is 9.53 Å². The molecule has 0 aliphatic carbocycles. The second kappa shape index (κ2) is 4.18. The molecule has 0 aromatic carbocycles. The van der Waals surface area contributed by atoms with Crippen molar-refractivity contribution in [1.82, 2.24) is 5.32 Å². The number of carbonyl (C=O) groups excluding carboxylic acids is 1. The fraction of sp³-hybridized carbons (Fsp3) is 0.833. The van der Waals surface area contributed by atoms with Crippen molar-refractivity contribution in [2.75, 3.05) is 12.3 Å². The standard InChI is InChI=1S/C6H10ClNO2S/c1-4(10-6(7)9)5-8-2-3-11-5/h4-5,8H,2-3H2,1H3. The van der Waals surface area contributed by atoms with Gasteiger partial charge in [0.15, 0.2) is 0 Å². The number of thioether (sulfide) groups is 1. The SMILES string of the molecule is CC(OC(=O)Cl)C1NCCS1. The maximum atomic E-state index is 10.3. The van der Waals surface area contributed by atoms with Gasteiger partial charge in [-0.2, -0.15) is 0 Å². The van der Waals surface area contributed by atoms with Crippen LogP contribution in [-0.4, -0.2) is 29.2 Å². The van der Waals surface area contributed by atoms with Gasteiger partial charge in [0.25, 0.3) is 0 Å². The molecule has 2 atom stereocenters. The minimum absolute atomic E-state index is 0.146. The molecule has 3 nitrogen and oxygen atoms in total. The molecular formula is C6H10ClNO2S. The minimum atomic E-state index is -0.730. The largest absolute Gasteiger partial charge is 0.448 e. The predicted octanol–water partition coefficient (Wildman–Crippen LogP) is 1.41. The molecule has 1 rings (SSSR count). The highest BCUT2D eigenvalue weighted by molar-refractivity contribution is 8.00. The van der Waals surface area contributed by atoms with Crippen molar-refractivity contribution in [3.8, 4) is 0 Å². The van der Waals surface area contributed by atoms with Crippen molar-refractivity contribution in [2.24, 2.45) is 0 Å². The second-order valence-electron chi connectivity index (χ2n) is 2.31. The summed E-state index contributed by atoms with van der Waals surface area (Å²) in [6.07, 6.45) is -0.146. The van der Waals surface area contributed by atoms with Gasteiger partial charge in [-0.25, -0.2) is 4.79 Å². The summed E-state index contributed by atoms with van der Waals surface area (Å²) in [4.78, 5) is 10.3. The Labute approximate surface area is 74.8 Å². The highest BCUT2D eigenvalue weighted by Gasteiger charge is 2.23. The summed E-state index contributed by atoms with van der Waals surface area (Å²) in [6.45, 7) is 2.80. The summed E-state index contributed by atoms with van der Waals surface area (Å²) in [7, 11) is 0. The Kier molecular flexibility index (Phi) is 3.48. The first-order valence-electron chi connectivity index (χ1n) is 3.41. The van der Waals surface area contributed by atoms with Gasteiger partial charge in [-0.3, -0.25) is 0 Å². The third-order valence-electron chi connectivity index (χ3n) is 1.45. The number of carbonyl (C=O) groups is 1. The molecule has 1 aliphatic rings. The number of halogens is 1. The first-order valence-corrected chi connectivity index (χ1v) is 4.84. The van der Waals surface area contributed by atoms with E-state index >= 15 is 0 Å². The number of hydrogen-bond donors (Lipinski definition) is 1. The average Bonchev–Trinajstić information content (AvgIpc) is 2.35. The van der Waals surface area contributed by atoms with Crippen molar-refractivity contribution in [2.45, 2.75) is 18.4 Å². The van der Waals surface area contributed by atoms with E-state index in [2.05, 4.69) is 5.32 Å².